The highest BCUT2D eigenvalue weighted by atomic mass is 32.2. The van der Waals surface area contributed by atoms with E-state index in [2.05, 4.69) is 19.6 Å². The molecule has 1 aliphatic heterocycles. The van der Waals surface area contributed by atoms with Crippen molar-refractivity contribution in [2.75, 3.05) is 33.4 Å². The number of pyridine rings is 2. The van der Waals surface area contributed by atoms with Gasteiger partial charge in [0.2, 0.25) is 0 Å². The van der Waals surface area contributed by atoms with E-state index in [0.717, 1.165) is 48.1 Å². The number of benzene rings is 2. The van der Waals surface area contributed by atoms with Gasteiger partial charge in [0.05, 0.1) is 31.5 Å². The van der Waals surface area contributed by atoms with Crippen LogP contribution in [0.4, 0.5) is 0 Å². The number of nitrogens with one attached hydrogen (secondary N) is 1. The molecule has 1 amide bonds. The van der Waals surface area contributed by atoms with Crippen LogP contribution < -0.4 is 9.46 Å². The monoisotopic (exact) mass is 544 g/mol. The fourth-order valence-corrected chi connectivity index (χ4v) is 6.49. The highest BCUT2D eigenvalue weighted by Gasteiger charge is 2.50. The normalized spacial score (nSPS) is 17.1. The molecular formula is C29H28N4O5S. The lowest BCUT2D eigenvalue weighted by Crippen LogP contribution is -2.43. The number of sulfonamides is 1. The molecule has 2 aromatic carbocycles. The first-order valence-electron chi connectivity index (χ1n) is 12.8. The van der Waals surface area contributed by atoms with Crippen LogP contribution in [-0.4, -0.2) is 62.6 Å². The van der Waals surface area contributed by atoms with E-state index in [1.807, 2.05) is 36.4 Å². The smallest absolute Gasteiger partial charge is 0.283 e. The molecule has 0 bridgehead atoms. The Morgan fingerprint density at radius 1 is 1.03 bits per heavy atom. The number of aromatic nitrogens is 2. The summed E-state index contributed by atoms with van der Waals surface area (Å²) in [7, 11) is -2.85. The molecule has 200 valence electrons. The van der Waals surface area contributed by atoms with Crippen molar-refractivity contribution in [1.82, 2.24) is 19.6 Å². The third kappa shape index (κ3) is 4.75. The zero-order valence-corrected chi connectivity index (χ0v) is 22.3. The van der Waals surface area contributed by atoms with Gasteiger partial charge in [0.1, 0.15) is 16.3 Å². The summed E-state index contributed by atoms with van der Waals surface area (Å²) in [4.78, 5) is 24.3. The molecule has 0 spiro atoms. The summed E-state index contributed by atoms with van der Waals surface area (Å²) in [6.07, 6.45) is 3.59. The van der Waals surface area contributed by atoms with Crippen molar-refractivity contribution in [2.45, 2.75) is 23.3 Å². The Morgan fingerprint density at radius 3 is 2.56 bits per heavy atom. The Labute approximate surface area is 226 Å². The summed E-state index contributed by atoms with van der Waals surface area (Å²) in [5.41, 5.74) is 2.88. The van der Waals surface area contributed by atoms with E-state index in [-0.39, 0.29) is 21.9 Å². The minimum absolute atomic E-state index is 0.00801. The van der Waals surface area contributed by atoms with Crippen LogP contribution in [0.5, 0.6) is 5.75 Å². The number of carbonyl (C=O) groups excluding carboxylic acids is 1. The number of morpholine rings is 1. The van der Waals surface area contributed by atoms with Gasteiger partial charge in [-0.15, -0.1) is 0 Å². The van der Waals surface area contributed by atoms with Gasteiger partial charge >= 0.3 is 0 Å². The lowest BCUT2D eigenvalue weighted by Gasteiger charge is -2.35. The van der Waals surface area contributed by atoms with Gasteiger partial charge in [-0.25, -0.2) is 18.1 Å². The molecule has 2 fully saturated rings. The van der Waals surface area contributed by atoms with Crippen LogP contribution >= 0.6 is 0 Å². The lowest BCUT2D eigenvalue weighted by molar-refractivity contribution is 0.00828. The average molecular weight is 545 g/mol. The summed E-state index contributed by atoms with van der Waals surface area (Å²) in [5, 5.41) is 0.808. The first kappa shape index (κ1) is 25.4. The molecule has 4 aromatic rings. The Kier molecular flexibility index (Phi) is 6.54. The summed E-state index contributed by atoms with van der Waals surface area (Å²) >= 11 is 0. The van der Waals surface area contributed by atoms with Crippen LogP contribution in [0.3, 0.4) is 0 Å². The predicted octanol–water partition coefficient (Wildman–Crippen LogP) is 3.75. The van der Waals surface area contributed by atoms with E-state index in [4.69, 9.17) is 9.47 Å². The van der Waals surface area contributed by atoms with E-state index >= 15 is 0 Å². The summed E-state index contributed by atoms with van der Waals surface area (Å²) in [6.45, 7) is 2.89. The van der Waals surface area contributed by atoms with E-state index in [1.54, 1.807) is 30.5 Å². The van der Waals surface area contributed by atoms with Crippen LogP contribution in [0, 0.1) is 0 Å². The number of ether oxygens (including phenoxy) is 2. The molecule has 39 heavy (non-hydrogen) atoms. The van der Waals surface area contributed by atoms with Crippen LogP contribution in [0.25, 0.3) is 22.2 Å². The summed E-state index contributed by atoms with van der Waals surface area (Å²) in [5.74, 6) is -0.648. The van der Waals surface area contributed by atoms with Crippen molar-refractivity contribution in [3.05, 3.63) is 84.2 Å². The molecule has 0 unspecified atom stereocenters. The molecule has 1 aliphatic carbocycles. The molecular weight excluding hydrogens is 516 g/mol. The number of amides is 1. The Balaban J connectivity index is 1.29. The topological polar surface area (TPSA) is 111 Å². The van der Waals surface area contributed by atoms with Crippen LogP contribution in [0.15, 0.2) is 77.8 Å². The number of rotatable bonds is 7. The second kappa shape index (κ2) is 10.0. The van der Waals surface area contributed by atoms with Gasteiger partial charge < -0.3 is 9.47 Å². The van der Waals surface area contributed by atoms with Gasteiger partial charge in [-0.1, -0.05) is 24.3 Å². The SMILES string of the molecule is COc1ccc(C2(N3CCOCC3)CC2)cc1S(=O)(=O)NC(=O)c1ccc2c(-c3ccccn3)cccc2n1. The summed E-state index contributed by atoms with van der Waals surface area (Å²) in [6, 6.07) is 19.6. The zero-order valence-electron chi connectivity index (χ0n) is 21.5. The molecule has 9 nitrogen and oxygen atoms in total. The standard InChI is InChI=1S/C29H28N4O5S/c1-37-26-11-8-20(29(12-13-29)33-15-17-38-18-16-33)19-27(26)39(35,36)32-28(34)25-10-9-22-21(5-4-7-24(22)31-25)23-6-2-3-14-30-23/h2-11,14,19H,12-13,15-18H2,1H3,(H,32,34). The van der Waals surface area contributed by atoms with E-state index < -0.39 is 15.9 Å². The predicted molar refractivity (Wildman–Crippen MR) is 146 cm³/mol. The molecule has 6 rings (SSSR count). The van der Waals surface area contributed by atoms with Crippen molar-refractivity contribution in [3.63, 3.8) is 0 Å². The minimum atomic E-state index is -4.26. The van der Waals surface area contributed by atoms with Gasteiger partial charge in [0.25, 0.3) is 15.9 Å². The largest absolute Gasteiger partial charge is 0.495 e. The van der Waals surface area contributed by atoms with Crippen molar-refractivity contribution < 1.29 is 22.7 Å². The molecule has 3 heterocycles. The van der Waals surface area contributed by atoms with Gasteiger partial charge in [-0.3, -0.25) is 14.7 Å². The maximum Gasteiger partial charge on any atom is 0.283 e. The maximum atomic E-state index is 13.5. The summed E-state index contributed by atoms with van der Waals surface area (Å²) < 4.78 is 40.1. The van der Waals surface area contributed by atoms with E-state index in [1.165, 1.54) is 13.2 Å². The second-order valence-electron chi connectivity index (χ2n) is 9.71. The van der Waals surface area contributed by atoms with Gasteiger partial charge in [0.15, 0.2) is 0 Å². The fourth-order valence-electron chi connectivity index (χ4n) is 5.33. The second-order valence-corrected chi connectivity index (χ2v) is 11.4. The quantitative estimate of drug-likeness (QED) is 0.375. The van der Waals surface area contributed by atoms with Crippen molar-refractivity contribution >= 4 is 26.8 Å². The number of fused-ring (bicyclic) bond motifs is 1. The third-order valence-electron chi connectivity index (χ3n) is 7.46. The number of carbonyl (C=O) groups is 1. The first-order valence-corrected chi connectivity index (χ1v) is 14.3. The maximum absolute atomic E-state index is 13.5. The molecule has 2 aliphatic rings. The van der Waals surface area contributed by atoms with E-state index in [9.17, 15) is 13.2 Å². The Bertz CT molecular complexity index is 1650. The zero-order chi connectivity index (χ0) is 27.0. The molecule has 0 atom stereocenters. The fraction of sp³-hybridized carbons (Fsp3) is 0.276. The molecule has 10 heteroatoms. The molecule has 1 N–H and O–H groups in total. The first-order chi connectivity index (χ1) is 18.9. The number of nitrogens with zero attached hydrogens (tertiary/aromatic N) is 3. The van der Waals surface area contributed by atoms with Gasteiger partial charge in [0, 0.05) is 35.8 Å². The molecule has 1 saturated heterocycles. The van der Waals surface area contributed by atoms with Crippen LogP contribution in [0.2, 0.25) is 0 Å². The van der Waals surface area contributed by atoms with Crippen LogP contribution in [-0.2, 0) is 20.3 Å². The molecule has 0 radical (unpaired) electrons. The molecule has 2 aromatic heterocycles. The highest BCUT2D eigenvalue weighted by molar-refractivity contribution is 7.90. The highest BCUT2D eigenvalue weighted by Crippen LogP contribution is 2.52. The third-order valence-corrected chi connectivity index (χ3v) is 8.82. The number of hydrogen-bond acceptors (Lipinski definition) is 8. The Morgan fingerprint density at radius 2 is 1.85 bits per heavy atom. The Hall–Kier alpha value is -3.86. The van der Waals surface area contributed by atoms with E-state index in [0.29, 0.717) is 18.7 Å². The van der Waals surface area contributed by atoms with Gasteiger partial charge in [-0.2, -0.15) is 0 Å². The molecule has 1 saturated carbocycles. The lowest BCUT2D eigenvalue weighted by atomic mass is 10.0. The average Bonchev–Trinajstić information content (AvgIpc) is 3.79. The number of methoxy groups -OCH3 is 1. The van der Waals surface area contributed by atoms with Crippen molar-refractivity contribution in [2.24, 2.45) is 0 Å². The minimum Gasteiger partial charge on any atom is -0.495 e. The van der Waals surface area contributed by atoms with Gasteiger partial charge in [-0.05, 0) is 60.9 Å². The van der Waals surface area contributed by atoms with Crippen molar-refractivity contribution in [3.8, 4) is 17.0 Å². The number of hydrogen-bond donors (Lipinski definition) is 1. The van der Waals surface area contributed by atoms with Crippen molar-refractivity contribution in [1.29, 1.82) is 0 Å². The van der Waals surface area contributed by atoms with Crippen LogP contribution in [0.1, 0.15) is 28.9 Å².